The second-order valence-corrected chi connectivity index (χ2v) is 6.95. The van der Waals surface area contributed by atoms with Crippen molar-refractivity contribution in [2.75, 3.05) is 16.8 Å². The molecule has 1 saturated heterocycles. The quantitative estimate of drug-likeness (QED) is 0.840. The van der Waals surface area contributed by atoms with Crippen molar-refractivity contribution in [3.05, 3.63) is 28.2 Å². The lowest BCUT2D eigenvalue weighted by atomic mass is 10.1. The summed E-state index contributed by atoms with van der Waals surface area (Å²) in [4.78, 5) is 25.1. The Labute approximate surface area is 117 Å². The Kier molecular flexibility index (Phi) is 3.83. The van der Waals surface area contributed by atoms with Crippen LogP contribution in [-0.2, 0) is 20.8 Å². The molecule has 2 rings (SSSR count). The number of carbonyl (C=O) groups excluding carboxylic acids is 1. The number of hydrogen-bond acceptors (Lipinski definition) is 4. The predicted molar refractivity (Wildman–Crippen MR) is 67.5 cm³/mol. The van der Waals surface area contributed by atoms with E-state index in [-0.39, 0.29) is 17.9 Å². The van der Waals surface area contributed by atoms with Gasteiger partial charge in [0, 0.05) is 6.20 Å². The minimum Gasteiger partial charge on any atom is -0.327 e. The zero-order valence-electron chi connectivity index (χ0n) is 10.5. The van der Waals surface area contributed by atoms with Crippen molar-refractivity contribution in [2.24, 2.45) is 5.92 Å². The summed E-state index contributed by atoms with van der Waals surface area (Å²) in [6.07, 6.45) is -4.08. The number of aromatic amines is 1. The van der Waals surface area contributed by atoms with Crippen molar-refractivity contribution in [1.82, 2.24) is 4.98 Å². The van der Waals surface area contributed by atoms with E-state index in [2.05, 4.69) is 5.32 Å². The molecule has 10 heteroatoms. The molecule has 1 amide bonds. The summed E-state index contributed by atoms with van der Waals surface area (Å²) in [5.41, 5.74) is -2.56. The number of rotatable bonds is 2. The maximum absolute atomic E-state index is 12.5. The van der Waals surface area contributed by atoms with Crippen molar-refractivity contribution in [1.29, 1.82) is 0 Å². The van der Waals surface area contributed by atoms with Gasteiger partial charge in [-0.1, -0.05) is 0 Å². The molecule has 116 valence electrons. The van der Waals surface area contributed by atoms with Crippen LogP contribution in [0.5, 0.6) is 0 Å². The lowest BCUT2D eigenvalue weighted by Gasteiger charge is -2.11. The van der Waals surface area contributed by atoms with E-state index in [1.54, 1.807) is 0 Å². The third-order valence-electron chi connectivity index (χ3n) is 3.09. The SMILES string of the molecule is O=C(Nc1cc(C(F)(F)F)c[nH]c1=O)[C@@H]1CCS(=O)(=O)C1. The normalized spacial score (nSPS) is 21.2. The fourth-order valence-electron chi connectivity index (χ4n) is 1.98. The molecule has 2 N–H and O–H groups in total. The number of nitrogens with one attached hydrogen (secondary N) is 2. The van der Waals surface area contributed by atoms with Crippen LogP contribution in [0.2, 0.25) is 0 Å². The standard InChI is InChI=1S/C11H11F3N2O4S/c12-11(13,14)7-3-8(10(18)15-4-7)16-9(17)6-1-2-21(19,20)5-6/h3-4,6H,1-2,5H2,(H,15,18)(H,16,17)/t6-/m1/s1. The van der Waals surface area contributed by atoms with Crippen LogP contribution >= 0.6 is 0 Å². The zero-order chi connectivity index (χ0) is 15.8. The topological polar surface area (TPSA) is 96.1 Å². The van der Waals surface area contributed by atoms with Gasteiger partial charge in [0.05, 0.1) is 23.0 Å². The molecule has 1 aromatic rings. The highest BCUT2D eigenvalue weighted by Crippen LogP contribution is 2.29. The summed E-state index contributed by atoms with van der Waals surface area (Å²) in [6, 6.07) is 0.514. The molecule has 1 aliphatic heterocycles. The van der Waals surface area contributed by atoms with Gasteiger partial charge in [-0.25, -0.2) is 8.42 Å². The van der Waals surface area contributed by atoms with Gasteiger partial charge in [0.25, 0.3) is 5.56 Å². The highest BCUT2D eigenvalue weighted by atomic mass is 32.2. The fourth-order valence-corrected chi connectivity index (χ4v) is 3.72. The second-order valence-electron chi connectivity index (χ2n) is 4.72. The first-order valence-electron chi connectivity index (χ1n) is 5.90. The average Bonchev–Trinajstić information content (AvgIpc) is 2.71. The van der Waals surface area contributed by atoms with Gasteiger partial charge in [-0.2, -0.15) is 13.2 Å². The Morgan fingerprint density at radius 3 is 2.57 bits per heavy atom. The molecule has 0 unspecified atom stereocenters. The number of sulfone groups is 1. The number of anilines is 1. The van der Waals surface area contributed by atoms with Crippen LogP contribution in [0.3, 0.4) is 0 Å². The van der Waals surface area contributed by atoms with E-state index >= 15 is 0 Å². The number of H-pyrrole nitrogens is 1. The molecule has 0 saturated carbocycles. The maximum Gasteiger partial charge on any atom is 0.417 e. The van der Waals surface area contributed by atoms with Crippen molar-refractivity contribution in [3.63, 3.8) is 0 Å². The van der Waals surface area contributed by atoms with Crippen LogP contribution < -0.4 is 10.9 Å². The maximum atomic E-state index is 12.5. The van der Waals surface area contributed by atoms with Crippen LogP contribution in [0.1, 0.15) is 12.0 Å². The zero-order valence-corrected chi connectivity index (χ0v) is 11.3. The molecule has 1 aromatic heterocycles. The van der Waals surface area contributed by atoms with Crippen molar-refractivity contribution in [3.8, 4) is 0 Å². The summed E-state index contributed by atoms with van der Waals surface area (Å²) in [5.74, 6) is -2.15. The summed E-state index contributed by atoms with van der Waals surface area (Å²) >= 11 is 0. The van der Waals surface area contributed by atoms with Gasteiger partial charge in [-0.05, 0) is 12.5 Å². The van der Waals surface area contributed by atoms with Crippen LogP contribution in [0.4, 0.5) is 18.9 Å². The number of halogens is 3. The van der Waals surface area contributed by atoms with Crippen molar-refractivity contribution < 1.29 is 26.4 Å². The van der Waals surface area contributed by atoms with Crippen LogP contribution in [0.25, 0.3) is 0 Å². The van der Waals surface area contributed by atoms with Crippen LogP contribution in [-0.4, -0.2) is 30.8 Å². The minimum absolute atomic E-state index is 0.0883. The Bertz CT molecular complexity index is 724. The van der Waals surface area contributed by atoms with Crippen molar-refractivity contribution in [2.45, 2.75) is 12.6 Å². The summed E-state index contributed by atoms with van der Waals surface area (Å²) in [5, 5.41) is 2.06. The number of hydrogen-bond donors (Lipinski definition) is 2. The number of carbonyl (C=O) groups is 1. The predicted octanol–water partition coefficient (Wildman–Crippen LogP) is 0.767. The first-order chi connectivity index (χ1) is 9.58. The number of aromatic nitrogens is 1. The van der Waals surface area contributed by atoms with E-state index in [4.69, 9.17) is 0 Å². The molecular weight excluding hydrogens is 313 g/mol. The van der Waals surface area contributed by atoms with Gasteiger partial charge in [-0.15, -0.1) is 0 Å². The smallest absolute Gasteiger partial charge is 0.327 e. The third-order valence-corrected chi connectivity index (χ3v) is 4.86. The Morgan fingerprint density at radius 1 is 1.38 bits per heavy atom. The van der Waals surface area contributed by atoms with Gasteiger partial charge in [0.15, 0.2) is 9.84 Å². The lowest BCUT2D eigenvalue weighted by Crippen LogP contribution is -2.27. The van der Waals surface area contributed by atoms with Crippen LogP contribution in [0.15, 0.2) is 17.1 Å². The molecule has 1 aliphatic rings. The molecule has 0 radical (unpaired) electrons. The lowest BCUT2D eigenvalue weighted by molar-refractivity contribution is -0.137. The first kappa shape index (κ1) is 15.5. The van der Waals surface area contributed by atoms with E-state index in [0.29, 0.717) is 12.3 Å². The van der Waals surface area contributed by atoms with Gasteiger partial charge < -0.3 is 10.3 Å². The minimum atomic E-state index is -4.67. The third kappa shape index (κ3) is 3.63. The van der Waals surface area contributed by atoms with Crippen molar-refractivity contribution >= 4 is 21.4 Å². The Hall–Kier alpha value is -1.84. The monoisotopic (exact) mass is 324 g/mol. The van der Waals surface area contributed by atoms with Gasteiger partial charge in [0.2, 0.25) is 5.91 Å². The first-order valence-corrected chi connectivity index (χ1v) is 7.72. The molecule has 21 heavy (non-hydrogen) atoms. The summed E-state index contributed by atoms with van der Waals surface area (Å²) < 4.78 is 60.1. The molecular formula is C11H11F3N2O4S. The Balaban J connectivity index is 2.20. The van der Waals surface area contributed by atoms with E-state index in [0.717, 1.165) is 0 Å². The Morgan fingerprint density at radius 2 is 2.05 bits per heavy atom. The molecule has 2 heterocycles. The van der Waals surface area contributed by atoms with Gasteiger partial charge in [-0.3, -0.25) is 9.59 Å². The van der Waals surface area contributed by atoms with E-state index in [9.17, 15) is 31.2 Å². The molecule has 0 spiro atoms. The van der Waals surface area contributed by atoms with Gasteiger partial charge in [0.1, 0.15) is 5.69 Å². The molecule has 0 bridgehead atoms. The number of pyridine rings is 1. The summed E-state index contributed by atoms with van der Waals surface area (Å²) in [7, 11) is -3.30. The largest absolute Gasteiger partial charge is 0.417 e. The van der Waals surface area contributed by atoms with E-state index < -0.39 is 44.6 Å². The molecule has 6 nitrogen and oxygen atoms in total. The summed E-state index contributed by atoms with van der Waals surface area (Å²) in [6.45, 7) is 0. The fraction of sp³-hybridized carbons (Fsp3) is 0.455. The number of amides is 1. The number of alkyl halides is 3. The highest BCUT2D eigenvalue weighted by molar-refractivity contribution is 7.91. The second kappa shape index (κ2) is 5.17. The van der Waals surface area contributed by atoms with E-state index in [1.165, 1.54) is 0 Å². The molecule has 0 aromatic carbocycles. The van der Waals surface area contributed by atoms with Crippen LogP contribution in [0, 0.1) is 5.92 Å². The van der Waals surface area contributed by atoms with E-state index in [1.807, 2.05) is 4.98 Å². The molecule has 1 fully saturated rings. The molecule has 0 aliphatic carbocycles. The molecule has 1 atom stereocenters. The highest BCUT2D eigenvalue weighted by Gasteiger charge is 2.34. The van der Waals surface area contributed by atoms with Gasteiger partial charge >= 0.3 is 6.18 Å². The average molecular weight is 324 g/mol.